The smallest absolute Gasteiger partial charge is 0.222 e. The minimum Gasteiger partial charge on any atom is -0.368 e. The van der Waals surface area contributed by atoms with Gasteiger partial charge in [0.2, 0.25) is 5.95 Å². The lowest BCUT2D eigenvalue weighted by Crippen LogP contribution is -2.09. The molecule has 0 amide bonds. The lowest BCUT2D eigenvalue weighted by atomic mass is 10.1. The Kier molecular flexibility index (Phi) is 3.99. The number of hydrogen-bond donors (Lipinski definition) is 2. The molecule has 2 aromatic rings. The molecule has 19 heavy (non-hydrogen) atoms. The van der Waals surface area contributed by atoms with E-state index in [1.165, 1.54) is 0 Å². The van der Waals surface area contributed by atoms with Crippen molar-refractivity contribution in [3.63, 3.8) is 0 Å². The van der Waals surface area contributed by atoms with Gasteiger partial charge in [-0.25, -0.2) is 4.98 Å². The van der Waals surface area contributed by atoms with Crippen LogP contribution < -0.4 is 11.1 Å². The Balaban J connectivity index is 2.14. The lowest BCUT2D eigenvalue weighted by molar-refractivity contribution is 0.659. The molecule has 0 aliphatic carbocycles. The second-order valence-corrected chi connectivity index (χ2v) is 4.41. The molecule has 6 nitrogen and oxygen atoms in total. The fourth-order valence-electron chi connectivity index (χ4n) is 2.04. The topological polar surface area (TPSA) is 81.7 Å². The molecule has 0 unspecified atom stereocenters. The quantitative estimate of drug-likeness (QED) is 0.856. The van der Waals surface area contributed by atoms with Crippen molar-refractivity contribution in [2.24, 2.45) is 0 Å². The molecule has 3 N–H and O–H groups in total. The van der Waals surface area contributed by atoms with E-state index in [9.17, 15) is 0 Å². The maximum atomic E-state index is 5.70. The predicted octanol–water partition coefficient (Wildman–Crippen LogP) is 1.76. The fraction of sp³-hybridized carbons (Fsp3) is 0.462. The molecule has 2 aromatic heterocycles. The van der Waals surface area contributed by atoms with Gasteiger partial charge in [0, 0.05) is 36.1 Å². The van der Waals surface area contributed by atoms with Gasteiger partial charge in [0.15, 0.2) is 0 Å². The normalized spacial score (nSPS) is 10.7. The van der Waals surface area contributed by atoms with E-state index >= 15 is 0 Å². The number of aromatic nitrogens is 4. The van der Waals surface area contributed by atoms with Crippen LogP contribution in [0, 0.1) is 6.92 Å². The summed E-state index contributed by atoms with van der Waals surface area (Å²) in [5.41, 5.74) is 8.86. The van der Waals surface area contributed by atoms with Gasteiger partial charge in [-0.1, -0.05) is 6.92 Å². The number of nitrogens with two attached hydrogens (primary N) is 1. The van der Waals surface area contributed by atoms with E-state index in [4.69, 9.17) is 5.73 Å². The van der Waals surface area contributed by atoms with Gasteiger partial charge >= 0.3 is 0 Å². The molecule has 0 fully saturated rings. The lowest BCUT2D eigenvalue weighted by Gasteiger charge is -2.11. The number of rotatable bonds is 5. The second kappa shape index (κ2) is 5.69. The summed E-state index contributed by atoms with van der Waals surface area (Å²) in [6.45, 7) is 7.66. The van der Waals surface area contributed by atoms with Crippen molar-refractivity contribution < 1.29 is 0 Å². The van der Waals surface area contributed by atoms with E-state index in [0.717, 1.165) is 35.6 Å². The van der Waals surface area contributed by atoms with Gasteiger partial charge in [0.1, 0.15) is 5.82 Å². The molecule has 0 spiro atoms. The summed E-state index contributed by atoms with van der Waals surface area (Å²) in [6, 6.07) is 0. The molecule has 0 aromatic carbocycles. The molecule has 0 radical (unpaired) electrons. The van der Waals surface area contributed by atoms with Crippen LogP contribution >= 0.6 is 0 Å². The zero-order valence-corrected chi connectivity index (χ0v) is 11.6. The molecule has 0 saturated heterocycles. The molecule has 0 bridgehead atoms. The summed E-state index contributed by atoms with van der Waals surface area (Å²) in [6.07, 6.45) is 4.76. The van der Waals surface area contributed by atoms with Crippen LogP contribution in [0.4, 0.5) is 11.8 Å². The molecule has 102 valence electrons. The van der Waals surface area contributed by atoms with E-state index in [-0.39, 0.29) is 0 Å². The minimum absolute atomic E-state index is 0.307. The van der Waals surface area contributed by atoms with Crippen molar-refractivity contribution in [2.45, 2.75) is 40.3 Å². The third kappa shape index (κ3) is 3.01. The molecular formula is C13H20N6. The monoisotopic (exact) mass is 260 g/mol. The van der Waals surface area contributed by atoms with Gasteiger partial charge < -0.3 is 11.1 Å². The molecule has 0 aliphatic heterocycles. The second-order valence-electron chi connectivity index (χ2n) is 4.41. The van der Waals surface area contributed by atoms with Crippen LogP contribution in [0.15, 0.2) is 12.4 Å². The highest BCUT2D eigenvalue weighted by molar-refractivity contribution is 5.49. The zero-order chi connectivity index (χ0) is 13.8. The highest BCUT2D eigenvalue weighted by Gasteiger charge is 2.09. The minimum atomic E-state index is 0.307. The van der Waals surface area contributed by atoms with Crippen LogP contribution in [-0.2, 0) is 19.5 Å². The first-order valence-electron chi connectivity index (χ1n) is 6.52. The Morgan fingerprint density at radius 3 is 2.74 bits per heavy atom. The van der Waals surface area contributed by atoms with Gasteiger partial charge in [-0.15, -0.1) is 0 Å². The first-order valence-corrected chi connectivity index (χ1v) is 6.52. The van der Waals surface area contributed by atoms with Crippen molar-refractivity contribution in [2.75, 3.05) is 11.1 Å². The van der Waals surface area contributed by atoms with Crippen molar-refractivity contribution >= 4 is 11.8 Å². The summed E-state index contributed by atoms with van der Waals surface area (Å²) in [5.74, 6) is 1.12. The SMILES string of the molecule is CCc1c(C)nc(N)nc1NCc1cnn(CC)c1. The van der Waals surface area contributed by atoms with Gasteiger partial charge in [0.05, 0.1) is 6.20 Å². The number of hydrogen-bond acceptors (Lipinski definition) is 5. The summed E-state index contributed by atoms with van der Waals surface area (Å²) < 4.78 is 1.90. The van der Waals surface area contributed by atoms with Gasteiger partial charge in [-0.2, -0.15) is 10.1 Å². The van der Waals surface area contributed by atoms with Crippen LogP contribution in [0.25, 0.3) is 0 Å². The molecule has 2 rings (SSSR count). The number of anilines is 2. The Morgan fingerprint density at radius 2 is 2.11 bits per heavy atom. The van der Waals surface area contributed by atoms with Gasteiger partial charge in [0.25, 0.3) is 0 Å². The van der Waals surface area contributed by atoms with Gasteiger partial charge in [-0.3, -0.25) is 4.68 Å². The van der Waals surface area contributed by atoms with Crippen LogP contribution in [0.1, 0.15) is 30.7 Å². The molecule has 0 saturated carbocycles. The zero-order valence-electron chi connectivity index (χ0n) is 11.6. The maximum absolute atomic E-state index is 5.70. The average molecular weight is 260 g/mol. The average Bonchev–Trinajstić information content (AvgIpc) is 2.83. The van der Waals surface area contributed by atoms with Crippen molar-refractivity contribution in [3.8, 4) is 0 Å². The largest absolute Gasteiger partial charge is 0.368 e. The van der Waals surface area contributed by atoms with E-state index in [1.54, 1.807) is 0 Å². The third-order valence-corrected chi connectivity index (χ3v) is 3.06. The van der Waals surface area contributed by atoms with Crippen molar-refractivity contribution in [1.82, 2.24) is 19.7 Å². The Hall–Kier alpha value is -2.11. The number of nitrogens with zero attached hydrogens (tertiary/aromatic N) is 4. The highest BCUT2D eigenvalue weighted by atomic mass is 15.3. The summed E-state index contributed by atoms with van der Waals surface area (Å²) >= 11 is 0. The molecule has 6 heteroatoms. The third-order valence-electron chi connectivity index (χ3n) is 3.06. The standard InChI is InChI=1S/C13H20N6/c1-4-11-9(3)17-13(14)18-12(11)15-6-10-7-16-19(5-2)8-10/h7-8H,4-6H2,1-3H3,(H3,14,15,17,18). The first-order chi connectivity index (χ1) is 9.13. The Morgan fingerprint density at radius 1 is 1.32 bits per heavy atom. The van der Waals surface area contributed by atoms with E-state index in [2.05, 4.69) is 34.2 Å². The van der Waals surface area contributed by atoms with E-state index < -0.39 is 0 Å². The Bertz CT molecular complexity index is 560. The maximum Gasteiger partial charge on any atom is 0.222 e. The predicted molar refractivity (Wildman–Crippen MR) is 75.8 cm³/mol. The van der Waals surface area contributed by atoms with Gasteiger partial charge in [-0.05, 0) is 20.3 Å². The molecule has 0 aliphatic rings. The van der Waals surface area contributed by atoms with E-state index in [1.807, 2.05) is 24.0 Å². The summed E-state index contributed by atoms with van der Waals surface area (Å²) in [4.78, 5) is 8.46. The first kappa shape index (κ1) is 13.3. The number of aryl methyl sites for hydroxylation is 2. The van der Waals surface area contributed by atoms with Crippen LogP contribution in [-0.4, -0.2) is 19.7 Å². The number of nitrogen functional groups attached to an aromatic ring is 1. The molecule has 0 atom stereocenters. The number of nitrogens with one attached hydrogen (secondary N) is 1. The van der Waals surface area contributed by atoms with Crippen LogP contribution in [0.2, 0.25) is 0 Å². The summed E-state index contributed by atoms with van der Waals surface area (Å²) in [7, 11) is 0. The molecular weight excluding hydrogens is 240 g/mol. The summed E-state index contributed by atoms with van der Waals surface area (Å²) in [5, 5.41) is 7.56. The van der Waals surface area contributed by atoms with Crippen molar-refractivity contribution in [1.29, 1.82) is 0 Å². The van der Waals surface area contributed by atoms with Crippen LogP contribution in [0.3, 0.4) is 0 Å². The fourth-order valence-corrected chi connectivity index (χ4v) is 2.04. The Labute approximate surface area is 113 Å². The highest BCUT2D eigenvalue weighted by Crippen LogP contribution is 2.18. The molecule has 2 heterocycles. The van der Waals surface area contributed by atoms with Crippen molar-refractivity contribution in [3.05, 3.63) is 29.2 Å². The van der Waals surface area contributed by atoms with Crippen LogP contribution in [0.5, 0.6) is 0 Å². The van der Waals surface area contributed by atoms with E-state index in [0.29, 0.717) is 12.5 Å².